The average Bonchev–Trinajstić information content (AvgIpc) is 2.53. The zero-order valence-corrected chi connectivity index (χ0v) is 12.5. The molecule has 114 valence electrons. The van der Waals surface area contributed by atoms with Gasteiger partial charge in [0.15, 0.2) is 0 Å². The predicted molar refractivity (Wildman–Crippen MR) is 79.6 cm³/mol. The lowest BCUT2D eigenvalue weighted by atomic mass is 10.1. The van der Waals surface area contributed by atoms with Gasteiger partial charge in [0.25, 0.3) is 0 Å². The molecule has 0 bridgehead atoms. The Balaban J connectivity index is 2.19. The zero-order chi connectivity index (χ0) is 15.4. The van der Waals surface area contributed by atoms with Crippen LogP contribution in [-0.2, 0) is 16.1 Å². The van der Waals surface area contributed by atoms with Crippen LogP contribution in [0.15, 0.2) is 24.3 Å². The number of aromatic hydroxyl groups is 1. The summed E-state index contributed by atoms with van der Waals surface area (Å²) in [4.78, 5) is 26.2. The minimum absolute atomic E-state index is 0.0247. The Morgan fingerprint density at radius 1 is 1.29 bits per heavy atom. The SMILES string of the molecule is CCCC1NC(=O)CC(C)N(Cc2ccc(O)cc2)C1=O. The molecule has 1 heterocycles. The highest BCUT2D eigenvalue weighted by Crippen LogP contribution is 2.19. The van der Waals surface area contributed by atoms with Crippen LogP contribution >= 0.6 is 0 Å². The van der Waals surface area contributed by atoms with Gasteiger partial charge < -0.3 is 15.3 Å². The van der Waals surface area contributed by atoms with Gasteiger partial charge in [-0.3, -0.25) is 9.59 Å². The van der Waals surface area contributed by atoms with E-state index in [-0.39, 0.29) is 23.6 Å². The Morgan fingerprint density at radius 3 is 2.57 bits per heavy atom. The second kappa shape index (κ2) is 6.61. The molecule has 21 heavy (non-hydrogen) atoms. The van der Waals surface area contributed by atoms with Crippen LogP contribution in [0.4, 0.5) is 0 Å². The molecule has 1 aliphatic heterocycles. The van der Waals surface area contributed by atoms with Crippen molar-refractivity contribution in [3.8, 4) is 5.75 Å². The number of hydrogen-bond donors (Lipinski definition) is 2. The summed E-state index contributed by atoms with van der Waals surface area (Å²) in [6.07, 6.45) is 1.82. The van der Waals surface area contributed by atoms with E-state index in [1.165, 1.54) is 0 Å². The van der Waals surface area contributed by atoms with Gasteiger partial charge in [-0.15, -0.1) is 0 Å². The number of phenols is 1. The lowest BCUT2D eigenvalue weighted by Crippen LogP contribution is -2.45. The molecule has 1 saturated heterocycles. The topological polar surface area (TPSA) is 69.6 Å². The summed E-state index contributed by atoms with van der Waals surface area (Å²) in [5.41, 5.74) is 0.942. The van der Waals surface area contributed by atoms with Crippen LogP contribution in [0.2, 0.25) is 0 Å². The molecule has 1 aromatic rings. The fraction of sp³-hybridized carbons (Fsp3) is 0.500. The molecule has 0 spiro atoms. The number of rotatable bonds is 4. The molecule has 0 saturated carbocycles. The lowest BCUT2D eigenvalue weighted by Gasteiger charge is -2.28. The zero-order valence-electron chi connectivity index (χ0n) is 12.5. The van der Waals surface area contributed by atoms with Crippen molar-refractivity contribution in [2.45, 2.75) is 51.7 Å². The molecule has 0 aromatic heterocycles. The summed E-state index contributed by atoms with van der Waals surface area (Å²) in [5.74, 6) is 0.112. The molecule has 0 aliphatic carbocycles. The third-order valence-corrected chi connectivity index (χ3v) is 3.80. The highest BCUT2D eigenvalue weighted by Gasteiger charge is 2.33. The van der Waals surface area contributed by atoms with Gasteiger partial charge in [0, 0.05) is 19.0 Å². The van der Waals surface area contributed by atoms with Crippen molar-refractivity contribution in [2.24, 2.45) is 0 Å². The van der Waals surface area contributed by atoms with Gasteiger partial charge in [-0.05, 0) is 31.0 Å². The summed E-state index contributed by atoms with van der Waals surface area (Å²) >= 11 is 0. The van der Waals surface area contributed by atoms with Gasteiger partial charge in [0.1, 0.15) is 11.8 Å². The minimum atomic E-state index is -0.426. The van der Waals surface area contributed by atoms with E-state index in [9.17, 15) is 14.7 Å². The van der Waals surface area contributed by atoms with Crippen molar-refractivity contribution in [2.75, 3.05) is 0 Å². The van der Waals surface area contributed by atoms with E-state index in [0.717, 1.165) is 12.0 Å². The number of benzene rings is 1. The Morgan fingerprint density at radius 2 is 1.95 bits per heavy atom. The summed E-state index contributed by atoms with van der Waals surface area (Å²) < 4.78 is 0. The Bertz CT molecular complexity index is 513. The fourth-order valence-corrected chi connectivity index (χ4v) is 2.63. The minimum Gasteiger partial charge on any atom is -0.508 e. The molecular formula is C16H22N2O3. The monoisotopic (exact) mass is 290 g/mol. The third-order valence-electron chi connectivity index (χ3n) is 3.80. The molecular weight excluding hydrogens is 268 g/mol. The number of nitrogens with one attached hydrogen (secondary N) is 1. The van der Waals surface area contributed by atoms with E-state index in [0.29, 0.717) is 19.4 Å². The van der Waals surface area contributed by atoms with Crippen LogP contribution in [0.25, 0.3) is 0 Å². The molecule has 5 nitrogen and oxygen atoms in total. The van der Waals surface area contributed by atoms with Crippen molar-refractivity contribution in [3.05, 3.63) is 29.8 Å². The first-order valence-electron chi connectivity index (χ1n) is 7.39. The molecule has 2 amide bonds. The number of carbonyl (C=O) groups is 2. The van der Waals surface area contributed by atoms with E-state index in [1.54, 1.807) is 29.2 Å². The van der Waals surface area contributed by atoms with Crippen LogP contribution in [0.5, 0.6) is 5.75 Å². The van der Waals surface area contributed by atoms with Crippen molar-refractivity contribution < 1.29 is 14.7 Å². The van der Waals surface area contributed by atoms with Gasteiger partial charge >= 0.3 is 0 Å². The molecule has 1 aliphatic rings. The van der Waals surface area contributed by atoms with Crippen molar-refractivity contribution in [1.82, 2.24) is 10.2 Å². The first-order valence-corrected chi connectivity index (χ1v) is 7.39. The van der Waals surface area contributed by atoms with Gasteiger partial charge in [-0.25, -0.2) is 0 Å². The summed E-state index contributed by atoms with van der Waals surface area (Å²) in [6.45, 7) is 4.35. The van der Waals surface area contributed by atoms with Crippen LogP contribution in [0, 0.1) is 0 Å². The number of nitrogens with zero attached hydrogens (tertiary/aromatic N) is 1. The Labute approximate surface area is 125 Å². The van der Waals surface area contributed by atoms with Crippen LogP contribution < -0.4 is 5.32 Å². The van der Waals surface area contributed by atoms with Crippen LogP contribution in [-0.4, -0.2) is 33.9 Å². The van der Waals surface area contributed by atoms with Crippen LogP contribution in [0.1, 0.15) is 38.7 Å². The van der Waals surface area contributed by atoms with Gasteiger partial charge in [-0.1, -0.05) is 25.5 Å². The molecule has 1 aromatic carbocycles. The van der Waals surface area contributed by atoms with Crippen molar-refractivity contribution >= 4 is 11.8 Å². The maximum absolute atomic E-state index is 12.6. The molecule has 0 radical (unpaired) electrons. The fourth-order valence-electron chi connectivity index (χ4n) is 2.63. The third kappa shape index (κ3) is 3.74. The number of hydrogen-bond acceptors (Lipinski definition) is 3. The standard InChI is InChI=1S/C16H22N2O3/c1-3-4-14-16(21)18(11(2)9-15(20)17-14)10-12-5-7-13(19)8-6-12/h5-8,11,14,19H,3-4,9-10H2,1-2H3,(H,17,20). The van der Waals surface area contributed by atoms with Crippen molar-refractivity contribution in [3.63, 3.8) is 0 Å². The van der Waals surface area contributed by atoms with Gasteiger partial charge in [0.2, 0.25) is 11.8 Å². The van der Waals surface area contributed by atoms with Crippen molar-refractivity contribution in [1.29, 1.82) is 0 Å². The maximum Gasteiger partial charge on any atom is 0.245 e. The smallest absolute Gasteiger partial charge is 0.245 e. The van der Waals surface area contributed by atoms with E-state index in [2.05, 4.69) is 5.32 Å². The highest BCUT2D eigenvalue weighted by atomic mass is 16.3. The molecule has 2 unspecified atom stereocenters. The second-order valence-corrected chi connectivity index (χ2v) is 5.59. The largest absolute Gasteiger partial charge is 0.508 e. The molecule has 5 heteroatoms. The van der Waals surface area contributed by atoms with E-state index >= 15 is 0 Å². The Kier molecular flexibility index (Phi) is 4.83. The average molecular weight is 290 g/mol. The molecule has 2 N–H and O–H groups in total. The van der Waals surface area contributed by atoms with E-state index < -0.39 is 6.04 Å². The summed E-state index contributed by atoms with van der Waals surface area (Å²) in [5, 5.41) is 12.1. The van der Waals surface area contributed by atoms with Gasteiger partial charge in [-0.2, -0.15) is 0 Å². The number of carbonyl (C=O) groups excluding carboxylic acids is 2. The maximum atomic E-state index is 12.6. The molecule has 2 rings (SSSR count). The number of phenolic OH excluding ortho intramolecular Hbond substituents is 1. The normalized spacial score (nSPS) is 22.9. The van der Waals surface area contributed by atoms with Crippen LogP contribution in [0.3, 0.4) is 0 Å². The highest BCUT2D eigenvalue weighted by molar-refractivity contribution is 5.90. The first kappa shape index (κ1) is 15.4. The second-order valence-electron chi connectivity index (χ2n) is 5.59. The quantitative estimate of drug-likeness (QED) is 0.888. The van der Waals surface area contributed by atoms with Gasteiger partial charge in [0.05, 0.1) is 0 Å². The first-order chi connectivity index (χ1) is 10.0. The number of amides is 2. The summed E-state index contributed by atoms with van der Waals surface area (Å²) in [7, 11) is 0. The summed E-state index contributed by atoms with van der Waals surface area (Å²) in [6, 6.07) is 6.25. The molecule has 1 fully saturated rings. The molecule has 2 atom stereocenters. The lowest BCUT2D eigenvalue weighted by molar-refractivity contribution is -0.135. The van der Waals surface area contributed by atoms with E-state index in [4.69, 9.17) is 0 Å². The Hall–Kier alpha value is -2.04. The van der Waals surface area contributed by atoms with E-state index in [1.807, 2.05) is 13.8 Å². The predicted octanol–water partition coefficient (Wildman–Crippen LogP) is 1.80.